The Labute approximate surface area is 86.8 Å². The van der Waals surface area contributed by atoms with Gasteiger partial charge < -0.3 is 0 Å². The van der Waals surface area contributed by atoms with Crippen LogP contribution in [-0.2, 0) is 0 Å². The normalized spacial score (nSPS) is 11.1. The lowest BCUT2D eigenvalue weighted by Crippen LogP contribution is -2.01. The van der Waals surface area contributed by atoms with Crippen LogP contribution in [0.4, 0.5) is 0 Å². The predicted octanol–water partition coefficient (Wildman–Crippen LogP) is 1.77. The van der Waals surface area contributed by atoms with Gasteiger partial charge in [0, 0.05) is 11.3 Å². The summed E-state index contributed by atoms with van der Waals surface area (Å²) in [5, 5.41) is 9.16. The Kier molecular flexibility index (Phi) is 2.19. The van der Waals surface area contributed by atoms with Gasteiger partial charge in [-0.15, -0.1) is 10.2 Å². The Balaban J connectivity index is 2.92. The molecule has 0 amide bonds. The first kappa shape index (κ1) is 9.45. The van der Waals surface area contributed by atoms with Crippen molar-refractivity contribution < 1.29 is 0 Å². The summed E-state index contributed by atoms with van der Waals surface area (Å²) in [6.07, 6.45) is 2.01. The van der Waals surface area contributed by atoms with E-state index in [-0.39, 0.29) is 0 Å². The predicted molar refractivity (Wildman–Crippen MR) is 56.8 cm³/mol. The Morgan fingerprint density at radius 3 is 2.50 bits per heavy atom. The molecule has 0 spiro atoms. The molecule has 0 aliphatic rings. The number of aryl methyl sites for hydroxylation is 3. The van der Waals surface area contributed by atoms with E-state index in [0.29, 0.717) is 0 Å². The fraction of sp³-hybridized carbons (Fsp3) is 0.444. The molecule has 0 aromatic carbocycles. The number of hydrogen-bond acceptors (Lipinski definition) is 4. The summed E-state index contributed by atoms with van der Waals surface area (Å²) in [5.41, 5.74) is 3.04. The Bertz CT molecular complexity index is 489. The molecule has 4 nitrogen and oxygen atoms in total. The summed E-state index contributed by atoms with van der Waals surface area (Å²) in [4.78, 5) is 4.50. The van der Waals surface area contributed by atoms with Crippen LogP contribution in [0.5, 0.6) is 0 Å². The van der Waals surface area contributed by atoms with Crippen molar-refractivity contribution in [1.82, 2.24) is 19.6 Å². The fourth-order valence-electron chi connectivity index (χ4n) is 1.41. The highest BCUT2D eigenvalue weighted by Gasteiger charge is 2.11. The Morgan fingerprint density at radius 1 is 1.14 bits per heavy atom. The van der Waals surface area contributed by atoms with Crippen LogP contribution in [0.15, 0.2) is 5.16 Å². The third-order valence-electron chi connectivity index (χ3n) is 2.34. The monoisotopic (exact) mass is 208 g/mol. The third kappa shape index (κ3) is 1.19. The SMILES string of the molecule is CSc1nc(C)c(C)c2nnc(C)n12. The lowest BCUT2D eigenvalue weighted by molar-refractivity contribution is 0.837. The van der Waals surface area contributed by atoms with E-state index in [2.05, 4.69) is 15.2 Å². The first-order valence-corrected chi connectivity index (χ1v) is 5.60. The molecule has 0 atom stereocenters. The summed E-state index contributed by atoms with van der Waals surface area (Å²) in [6.45, 7) is 5.96. The molecule has 0 saturated carbocycles. The number of thioether (sulfide) groups is 1. The van der Waals surface area contributed by atoms with Gasteiger partial charge in [-0.2, -0.15) is 0 Å². The van der Waals surface area contributed by atoms with Gasteiger partial charge in [0.25, 0.3) is 0 Å². The van der Waals surface area contributed by atoms with Crippen molar-refractivity contribution in [1.29, 1.82) is 0 Å². The van der Waals surface area contributed by atoms with Crippen LogP contribution < -0.4 is 0 Å². The van der Waals surface area contributed by atoms with Gasteiger partial charge in [-0.25, -0.2) is 4.98 Å². The highest BCUT2D eigenvalue weighted by molar-refractivity contribution is 7.98. The highest BCUT2D eigenvalue weighted by Crippen LogP contribution is 2.19. The van der Waals surface area contributed by atoms with E-state index < -0.39 is 0 Å². The van der Waals surface area contributed by atoms with Crippen LogP contribution >= 0.6 is 11.8 Å². The van der Waals surface area contributed by atoms with E-state index in [1.807, 2.05) is 31.4 Å². The summed E-state index contributed by atoms with van der Waals surface area (Å²) >= 11 is 1.61. The third-order valence-corrected chi connectivity index (χ3v) is 2.98. The Morgan fingerprint density at radius 2 is 1.86 bits per heavy atom. The van der Waals surface area contributed by atoms with Gasteiger partial charge in [0.2, 0.25) is 0 Å². The molecule has 0 radical (unpaired) electrons. The minimum absolute atomic E-state index is 0.889. The number of aromatic nitrogens is 4. The molecule has 2 aromatic heterocycles. The van der Waals surface area contributed by atoms with E-state index in [4.69, 9.17) is 0 Å². The number of hydrogen-bond donors (Lipinski definition) is 0. The fourth-order valence-corrected chi connectivity index (χ4v) is 2.04. The highest BCUT2D eigenvalue weighted by atomic mass is 32.2. The zero-order chi connectivity index (χ0) is 10.3. The first-order chi connectivity index (χ1) is 6.65. The van der Waals surface area contributed by atoms with E-state index >= 15 is 0 Å². The molecule has 0 N–H and O–H groups in total. The Hall–Kier alpha value is -1.10. The van der Waals surface area contributed by atoms with Crippen molar-refractivity contribution in [2.45, 2.75) is 25.9 Å². The molecule has 0 aliphatic heterocycles. The van der Waals surface area contributed by atoms with E-state index in [0.717, 1.165) is 27.9 Å². The molecular formula is C9H12N4S. The van der Waals surface area contributed by atoms with Crippen LogP contribution in [0.3, 0.4) is 0 Å². The standard InChI is InChI=1S/C9H12N4S/c1-5-6(2)10-9(14-4)13-7(3)11-12-8(5)13/h1-4H3. The van der Waals surface area contributed by atoms with Crippen molar-refractivity contribution in [3.05, 3.63) is 17.1 Å². The van der Waals surface area contributed by atoms with Crippen LogP contribution in [0.2, 0.25) is 0 Å². The average molecular weight is 208 g/mol. The van der Waals surface area contributed by atoms with E-state index in [1.165, 1.54) is 0 Å². The van der Waals surface area contributed by atoms with Crippen molar-refractivity contribution >= 4 is 17.4 Å². The second kappa shape index (κ2) is 3.24. The van der Waals surface area contributed by atoms with Gasteiger partial charge in [-0.3, -0.25) is 4.40 Å². The molecule has 0 fully saturated rings. The van der Waals surface area contributed by atoms with Crippen LogP contribution in [-0.4, -0.2) is 25.8 Å². The maximum Gasteiger partial charge on any atom is 0.175 e. The lowest BCUT2D eigenvalue weighted by atomic mass is 10.2. The van der Waals surface area contributed by atoms with E-state index in [9.17, 15) is 0 Å². The van der Waals surface area contributed by atoms with Crippen LogP contribution in [0.1, 0.15) is 17.1 Å². The summed E-state index contributed by atoms with van der Waals surface area (Å²) in [5.74, 6) is 0.889. The maximum absolute atomic E-state index is 4.50. The molecular weight excluding hydrogens is 196 g/mol. The van der Waals surface area contributed by atoms with Gasteiger partial charge in [0.1, 0.15) is 5.82 Å². The molecule has 74 valence electrons. The molecule has 0 saturated heterocycles. The molecule has 2 heterocycles. The average Bonchev–Trinajstić information content (AvgIpc) is 2.55. The van der Waals surface area contributed by atoms with Crippen LogP contribution in [0, 0.1) is 20.8 Å². The second-order valence-electron chi connectivity index (χ2n) is 3.22. The minimum Gasteiger partial charge on any atom is -0.257 e. The quantitative estimate of drug-likeness (QED) is 0.529. The van der Waals surface area contributed by atoms with Crippen molar-refractivity contribution in [3.63, 3.8) is 0 Å². The molecule has 2 aromatic rings. The van der Waals surface area contributed by atoms with E-state index in [1.54, 1.807) is 11.8 Å². The van der Waals surface area contributed by atoms with Gasteiger partial charge >= 0.3 is 0 Å². The largest absolute Gasteiger partial charge is 0.257 e. The first-order valence-electron chi connectivity index (χ1n) is 4.38. The topological polar surface area (TPSA) is 43.1 Å². The molecule has 5 heteroatoms. The summed E-state index contributed by atoms with van der Waals surface area (Å²) in [6, 6.07) is 0. The zero-order valence-corrected chi connectivity index (χ0v) is 9.51. The van der Waals surface area contributed by atoms with Crippen molar-refractivity contribution in [2.24, 2.45) is 0 Å². The van der Waals surface area contributed by atoms with Gasteiger partial charge in [-0.05, 0) is 27.0 Å². The minimum atomic E-state index is 0.889. The van der Waals surface area contributed by atoms with Gasteiger partial charge in [-0.1, -0.05) is 11.8 Å². The number of nitrogens with zero attached hydrogens (tertiary/aromatic N) is 4. The smallest absolute Gasteiger partial charge is 0.175 e. The van der Waals surface area contributed by atoms with Crippen LogP contribution in [0.25, 0.3) is 5.65 Å². The second-order valence-corrected chi connectivity index (χ2v) is 3.99. The molecule has 0 aliphatic carbocycles. The summed E-state index contributed by atoms with van der Waals surface area (Å²) < 4.78 is 1.99. The van der Waals surface area contributed by atoms with Crippen molar-refractivity contribution in [2.75, 3.05) is 6.26 Å². The van der Waals surface area contributed by atoms with Gasteiger partial charge in [0.15, 0.2) is 10.8 Å². The maximum atomic E-state index is 4.50. The van der Waals surface area contributed by atoms with Crippen molar-refractivity contribution in [3.8, 4) is 0 Å². The summed E-state index contributed by atoms with van der Waals surface area (Å²) in [7, 11) is 0. The van der Waals surface area contributed by atoms with Gasteiger partial charge in [0.05, 0.1) is 0 Å². The molecule has 14 heavy (non-hydrogen) atoms. The molecule has 2 rings (SSSR count). The lowest BCUT2D eigenvalue weighted by Gasteiger charge is -2.06. The zero-order valence-electron chi connectivity index (χ0n) is 8.70. The number of fused-ring (bicyclic) bond motifs is 1. The molecule has 0 unspecified atom stereocenters. The number of rotatable bonds is 1. The molecule has 0 bridgehead atoms.